The number of hydrogen-bond acceptors (Lipinski definition) is 3. The summed E-state index contributed by atoms with van der Waals surface area (Å²) in [6.45, 7) is 2.92. The minimum atomic E-state index is -0.773. The summed E-state index contributed by atoms with van der Waals surface area (Å²) in [6, 6.07) is 9.33. The van der Waals surface area contributed by atoms with Crippen molar-refractivity contribution in [3.8, 4) is 0 Å². The molecule has 6 nitrogen and oxygen atoms in total. The molecule has 0 radical (unpaired) electrons. The molecular weight excluding hydrogens is 330 g/mol. The molecule has 2 aliphatic rings. The van der Waals surface area contributed by atoms with Crippen molar-refractivity contribution in [2.24, 2.45) is 0 Å². The Hall–Kier alpha value is -2.37. The molecule has 1 aromatic carbocycles. The third-order valence-corrected chi connectivity index (χ3v) is 5.31. The third-order valence-electron chi connectivity index (χ3n) is 5.31. The fourth-order valence-electron chi connectivity index (χ4n) is 3.91. The fraction of sp³-hybridized carbons (Fsp3) is 0.550. The van der Waals surface area contributed by atoms with E-state index in [0.29, 0.717) is 25.9 Å². The summed E-state index contributed by atoms with van der Waals surface area (Å²) >= 11 is 0. The molecule has 2 fully saturated rings. The van der Waals surface area contributed by atoms with Crippen LogP contribution >= 0.6 is 0 Å². The molecule has 1 aliphatic carbocycles. The molecule has 140 valence electrons. The second-order valence-electron chi connectivity index (χ2n) is 7.27. The van der Waals surface area contributed by atoms with Gasteiger partial charge in [-0.1, -0.05) is 56.5 Å². The van der Waals surface area contributed by atoms with Crippen LogP contribution in [0.25, 0.3) is 0 Å². The second-order valence-corrected chi connectivity index (χ2v) is 7.27. The Balaban J connectivity index is 1.68. The molecule has 0 unspecified atom stereocenters. The van der Waals surface area contributed by atoms with Crippen LogP contribution in [0.3, 0.4) is 0 Å². The molecule has 1 saturated carbocycles. The quantitative estimate of drug-likeness (QED) is 0.796. The van der Waals surface area contributed by atoms with Crippen LogP contribution in [0.15, 0.2) is 30.3 Å². The summed E-state index contributed by atoms with van der Waals surface area (Å²) in [5.74, 6) is -0.418. The van der Waals surface area contributed by atoms with Gasteiger partial charge in [0.25, 0.3) is 5.91 Å². The molecule has 1 spiro atoms. The number of amides is 4. The molecule has 4 amide bonds. The summed E-state index contributed by atoms with van der Waals surface area (Å²) in [5.41, 5.74) is 0.264. The highest BCUT2D eigenvalue weighted by Gasteiger charge is 2.51. The minimum Gasteiger partial charge on any atom is -0.337 e. The number of carbonyl (C=O) groups is 3. The van der Waals surface area contributed by atoms with Gasteiger partial charge in [0.05, 0.1) is 0 Å². The van der Waals surface area contributed by atoms with Gasteiger partial charge < -0.3 is 10.2 Å². The highest BCUT2D eigenvalue weighted by molar-refractivity contribution is 6.09. The van der Waals surface area contributed by atoms with Crippen molar-refractivity contribution in [3.63, 3.8) is 0 Å². The molecule has 0 aromatic heterocycles. The van der Waals surface area contributed by atoms with Crippen molar-refractivity contribution in [1.29, 1.82) is 0 Å². The Kier molecular flexibility index (Phi) is 5.59. The van der Waals surface area contributed by atoms with E-state index < -0.39 is 11.6 Å². The van der Waals surface area contributed by atoms with Crippen LogP contribution in [0.5, 0.6) is 0 Å². The van der Waals surface area contributed by atoms with E-state index in [1.807, 2.05) is 37.3 Å². The SMILES string of the molecule is CCCN(Cc1ccccc1)C(=O)CN1C(=O)NC2(CCCCC2)C1=O. The van der Waals surface area contributed by atoms with Crippen LogP contribution in [-0.4, -0.2) is 46.3 Å². The number of nitrogens with zero attached hydrogens (tertiary/aromatic N) is 2. The highest BCUT2D eigenvalue weighted by atomic mass is 16.2. The van der Waals surface area contributed by atoms with Gasteiger partial charge in [-0.2, -0.15) is 0 Å². The lowest BCUT2D eigenvalue weighted by Gasteiger charge is -2.30. The molecule has 1 aromatic rings. The first-order chi connectivity index (χ1) is 12.6. The predicted molar refractivity (Wildman–Crippen MR) is 98.2 cm³/mol. The second kappa shape index (κ2) is 7.89. The lowest BCUT2D eigenvalue weighted by Crippen LogP contribution is -2.49. The molecule has 6 heteroatoms. The number of carbonyl (C=O) groups excluding carboxylic acids is 3. The van der Waals surface area contributed by atoms with Gasteiger partial charge in [-0.3, -0.25) is 14.5 Å². The van der Waals surface area contributed by atoms with Gasteiger partial charge in [-0.25, -0.2) is 4.79 Å². The molecular formula is C20H27N3O3. The number of imide groups is 1. The smallest absolute Gasteiger partial charge is 0.325 e. The van der Waals surface area contributed by atoms with Crippen molar-refractivity contribution in [1.82, 2.24) is 15.1 Å². The Bertz CT molecular complexity index is 668. The van der Waals surface area contributed by atoms with Gasteiger partial charge in [-0.15, -0.1) is 0 Å². The zero-order chi connectivity index (χ0) is 18.6. The Morgan fingerprint density at radius 3 is 2.50 bits per heavy atom. The van der Waals surface area contributed by atoms with Crippen LogP contribution in [0.1, 0.15) is 51.0 Å². The summed E-state index contributed by atoms with van der Waals surface area (Å²) in [7, 11) is 0. The van der Waals surface area contributed by atoms with Gasteiger partial charge in [0.1, 0.15) is 12.1 Å². The first-order valence-electron chi connectivity index (χ1n) is 9.51. The molecule has 0 atom stereocenters. The fourth-order valence-corrected chi connectivity index (χ4v) is 3.91. The lowest BCUT2D eigenvalue weighted by atomic mass is 9.82. The van der Waals surface area contributed by atoms with Crippen molar-refractivity contribution in [2.75, 3.05) is 13.1 Å². The highest BCUT2D eigenvalue weighted by Crippen LogP contribution is 2.33. The van der Waals surface area contributed by atoms with Crippen LogP contribution in [0.4, 0.5) is 4.79 Å². The van der Waals surface area contributed by atoms with E-state index in [1.54, 1.807) is 4.90 Å². The van der Waals surface area contributed by atoms with Crippen molar-refractivity contribution in [2.45, 2.75) is 57.5 Å². The predicted octanol–water partition coefficient (Wildman–Crippen LogP) is 2.68. The molecule has 1 heterocycles. The largest absolute Gasteiger partial charge is 0.337 e. The minimum absolute atomic E-state index is 0.181. The molecule has 0 bridgehead atoms. The number of rotatable bonds is 6. The van der Waals surface area contributed by atoms with Crippen LogP contribution in [-0.2, 0) is 16.1 Å². The first kappa shape index (κ1) is 18.4. The van der Waals surface area contributed by atoms with Crippen LogP contribution in [0, 0.1) is 0 Å². The topological polar surface area (TPSA) is 69.7 Å². The molecule has 1 saturated heterocycles. The normalized spacial score (nSPS) is 18.9. The third kappa shape index (κ3) is 3.74. The van der Waals surface area contributed by atoms with Crippen LogP contribution < -0.4 is 5.32 Å². The van der Waals surface area contributed by atoms with E-state index in [9.17, 15) is 14.4 Å². The molecule has 1 N–H and O–H groups in total. The monoisotopic (exact) mass is 357 g/mol. The zero-order valence-electron chi connectivity index (χ0n) is 15.4. The van der Waals surface area contributed by atoms with E-state index in [2.05, 4.69) is 5.32 Å². The van der Waals surface area contributed by atoms with E-state index in [0.717, 1.165) is 36.1 Å². The standard InChI is InChI=1S/C20H27N3O3/c1-2-13-22(14-16-9-5-3-6-10-16)17(24)15-23-18(25)20(21-19(23)26)11-7-4-8-12-20/h3,5-6,9-10H,2,4,7-8,11-15H2,1H3,(H,21,26). The maximum atomic E-state index is 12.8. The van der Waals surface area contributed by atoms with Crippen LogP contribution in [0.2, 0.25) is 0 Å². The first-order valence-corrected chi connectivity index (χ1v) is 9.51. The number of hydrogen-bond donors (Lipinski definition) is 1. The van der Waals surface area contributed by atoms with Crippen molar-refractivity contribution in [3.05, 3.63) is 35.9 Å². The maximum Gasteiger partial charge on any atom is 0.325 e. The summed E-state index contributed by atoms with van der Waals surface area (Å²) in [5, 5.41) is 2.86. The lowest BCUT2D eigenvalue weighted by molar-refractivity contribution is -0.139. The Morgan fingerprint density at radius 1 is 1.15 bits per heavy atom. The number of urea groups is 1. The van der Waals surface area contributed by atoms with Gasteiger partial charge in [0.15, 0.2) is 0 Å². The van der Waals surface area contributed by atoms with E-state index in [-0.39, 0.29) is 18.4 Å². The Morgan fingerprint density at radius 2 is 1.85 bits per heavy atom. The molecule has 26 heavy (non-hydrogen) atoms. The molecule has 1 aliphatic heterocycles. The van der Waals surface area contributed by atoms with E-state index >= 15 is 0 Å². The average Bonchev–Trinajstić information content (AvgIpc) is 2.87. The summed E-state index contributed by atoms with van der Waals surface area (Å²) in [4.78, 5) is 40.8. The van der Waals surface area contributed by atoms with Crippen molar-refractivity contribution >= 4 is 17.8 Å². The van der Waals surface area contributed by atoms with E-state index in [1.165, 1.54) is 0 Å². The van der Waals surface area contributed by atoms with Gasteiger partial charge >= 0.3 is 6.03 Å². The zero-order valence-corrected chi connectivity index (χ0v) is 15.4. The van der Waals surface area contributed by atoms with E-state index in [4.69, 9.17) is 0 Å². The Labute approximate surface area is 154 Å². The average molecular weight is 357 g/mol. The maximum absolute atomic E-state index is 12.8. The molecule has 3 rings (SSSR count). The number of nitrogens with one attached hydrogen (secondary N) is 1. The van der Waals surface area contributed by atoms with Gasteiger partial charge in [0, 0.05) is 13.1 Å². The van der Waals surface area contributed by atoms with Crippen molar-refractivity contribution < 1.29 is 14.4 Å². The summed E-state index contributed by atoms with van der Waals surface area (Å²) < 4.78 is 0. The van der Waals surface area contributed by atoms with Gasteiger partial charge in [0.2, 0.25) is 5.91 Å². The summed E-state index contributed by atoms with van der Waals surface area (Å²) in [6.07, 6.45) is 5.12. The van der Waals surface area contributed by atoms with Gasteiger partial charge in [-0.05, 0) is 24.8 Å². The number of benzene rings is 1.